The molecule has 0 radical (unpaired) electrons. The Bertz CT molecular complexity index is 859. The van der Waals surface area contributed by atoms with Crippen molar-refractivity contribution < 1.29 is 49.1 Å². The summed E-state index contributed by atoms with van der Waals surface area (Å²) in [4.78, 5) is 46.4. The highest BCUT2D eigenvalue weighted by molar-refractivity contribution is 6.02. The Balaban J connectivity index is 2.06. The molecule has 2 atom stereocenters. The number of hydrogen-bond donors (Lipinski definition) is 4. The van der Waals surface area contributed by atoms with Gasteiger partial charge in [-0.15, -0.1) is 0 Å². The van der Waals surface area contributed by atoms with Gasteiger partial charge in [-0.3, -0.25) is 19.2 Å². The van der Waals surface area contributed by atoms with Crippen molar-refractivity contribution in [2.24, 2.45) is 22.7 Å². The number of rotatable bonds is 9. The first-order chi connectivity index (χ1) is 14.8. The topological polar surface area (TPSA) is 168 Å². The van der Waals surface area contributed by atoms with E-state index in [1.165, 1.54) is 26.0 Å². The fraction of sp³-hybridized carbons (Fsp3) is 0.455. The van der Waals surface area contributed by atoms with Crippen LogP contribution >= 0.6 is 0 Å². The highest BCUT2D eigenvalue weighted by Crippen LogP contribution is 2.42. The van der Waals surface area contributed by atoms with Crippen LogP contribution in [-0.4, -0.2) is 57.5 Å². The molecule has 0 aromatic carbocycles. The van der Waals surface area contributed by atoms with E-state index in [-0.39, 0.29) is 13.2 Å². The predicted molar refractivity (Wildman–Crippen MR) is 109 cm³/mol. The number of hydrogen-bond acceptors (Lipinski definition) is 6. The molecule has 0 spiro atoms. The molecule has 32 heavy (non-hydrogen) atoms. The van der Waals surface area contributed by atoms with Crippen LogP contribution in [0.25, 0.3) is 0 Å². The first-order valence-corrected chi connectivity index (χ1v) is 9.83. The Morgan fingerprint density at radius 1 is 0.719 bits per heavy atom. The molecule has 2 aliphatic rings. The van der Waals surface area contributed by atoms with Gasteiger partial charge in [0.1, 0.15) is 24.7 Å². The third-order valence-electron chi connectivity index (χ3n) is 6.45. The lowest BCUT2D eigenvalue weighted by Gasteiger charge is -2.33. The van der Waals surface area contributed by atoms with Crippen LogP contribution < -0.4 is 0 Å². The maximum absolute atomic E-state index is 11.6. The van der Waals surface area contributed by atoms with Gasteiger partial charge in [0.05, 0.1) is 0 Å². The fourth-order valence-electron chi connectivity index (χ4n) is 3.91. The second-order valence-corrected chi connectivity index (χ2v) is 7.86. The average molecular weight is 450 g/mol. The van der Waals surface area contributed by atoms with Crippen molar-refractivity contribution >= 4 is 23.9 Å². The molecule has 2 aliphatic carbocycles. The Morgan fingerprint density at radius 2 is 1.00 bits per heavy atom. The molecular formula is C22H26O10. The average Bonchev–Trinajstić information content (AvgIpc) is 2.70. The van der Waals surface area contributed by atoms with Gasteiger partial charge in [0.25, 0.3) is 0 Å². The first-order valence-electron chi connectivity index (χ1n) is 9.83. The van der Waals surface area contributed by atoms with E-state index in [4.69, 9.17) is 9.47 Å². The van der Waals surface area contributed by atoms with E-state index in [0.717, 1.165) is 12.2 Å². The van der Waals surface area contributed by atoms with Gasteiger partial charge in [0.15, 0.2) is 10.8 Å². The summed E-state index contributed by atoms with van der Waals surface area (Å²) in [6, 6.07) is 0. The minimum atomic E-state index is -2.07. The van der Waals surface area contributed by atoms with E-state index in [9.17, 15) is 39.6 Å². The minimum Gasteiger partial charge on any atom is -0.490 e. The third kappa shape index (κ3) is 3.76. The molecule has 0 bridgehead atoms. The molecular weight excluding hydrogens is 424 g/mol. The highest BCUT2D eigenvalue weighted by Gasteiger charge is 2.53. The molecule has 2 unspecified atom stereocenters. The molecule has 0 aromatic rings. The summed E-state index contributed by atoms with van der Waals surface area (Å²) in [6.07, 6.45) is 4.83. The van der Waals surface area contributed by atoms with E-state index in [2.05, 4.69) is 0 Å². The normalized spacial score (nSPS) is 23.6. The second kappa shape index (κ2) is 8.89. The van der Waals surface area contributed by atoms with Crippen molar-refractivity contribution in [1.82, 2.24) is 0 Å². The molecule has 0 aliphatic heterocycles. The van der Waals surface area contributed by atoms with Gasteiger partial charge in [0, 0.05) is 11.8 Å². The molecule has 10 nitrogen and oxygen atoms in total. The summed E-state index contributed by atoms with van der Waals surface area (Å²) in [6.45, 7) is 6.28. The van der Waals surface area contributed by atoms with Crippen LogP contribution in [0.4, 0.5) is 0 Å². The second-order valence-electron chi connectivity index (χ2n) is 7.86. The lowest BCUT2D eigenvalue weighted by atomic mass is 9.70. The maximum atomic E-state index is 11.6. The monoisotopic (exact) mass is 450 g/mol. The van der Waals surface area contributed by atoms with Crippen molar-refractivity contribution in [3.63, 3.8) is 0 Å². The van der Waals surface area contributed by atoms with Crippen molar-refractivity contribution in [2.45, 2.75) is 27.7 Å². The zero-order chi connectivity index (χ0) is 24.4. The van der Waals surface area contributed by atoms with Crippen LogP contribution in [0.1, 0.15) is 27.7 Å². The van der Waals surface area contributed by atoms with E-state index in [1.807, 2.05) is 0 Å². The molecule has 174 valence electrons. The van der Waals surface area contributed by atoms with Crippen LogP contribution in [0.15, 0.2) is 47.0 Å². The summed E-state index contributed by atoms with van der Waals surface area (Å²) in [5.41, 5.74) is -3.21. The molecule has 0 heterocycles. The zero-order valence-electron chi connectivity index (χ0n) is 18.1. The standard InChI is InChI=1S/C22H26O10/c1-11-13(3)21(17(23)24,18(25)26)7-5-15(11)31-9-10-32-16-6-8-22(19(27)28,20(29)30)14(4)12(16)2/h5-8,13-14H,9-10H2,1-4H3,(H,23,24)(H,25,26)(H,27,28)(H,29,30). The van der Waals surface area contributed by atoms with Crippen LogP contribution in [0, 0.1) is 22.7 Å². The molecule has 0 saturated heterocycles. The lowest BCUT2D eigenvalue weighted by molar-refractivity contribution is -0.165. The number of carbonyl (C=O) groups is 4. The summed E-state index contributed by atoms with van der Waals surface area (Å²) in [5.74, 6) is -6.85. The summed E-state index contributed by atoms with van der Waals surface area (Å²) >= 11 is 0. The van der Waals surface area contributed by atoms with Gasteiger partial charge < -0.3 is 29.9 Å². The quantitative estimate of drug-likeness (QED) is 0.302. The van der Waals surface area contributed by atoms with E-state index < -0.39 is 46.5 Å². The zero-order valence-corrected chi connectivity index (χ0v) is 18.1. The molecule has 4 N–H and O–H groups in total. The predicted octanol–water partition coefficient (Wildman–Crippen LogP) is 2.29. The smallest absolute Gasteiger partial charge is 0.325 e. The SMILES string of the molecule is CC1=C(OCCOC2=C(C)C(C)C(C(=O)O)(C(=O)O)C=C2)C=CC(C(=O)O)(C(=O)O)C1C. The number of ether oxygens (including phenoxy) is 2. The van der Waals surface area contributed by atoms with Crippen molar-refractivity contribution in [1.29, 1.82) is 0 Å². The van der Waals surface area contributed by atoms with Gasteiger partial charge in [0.2, 0.25) is 0 Å². The van der Waals surface area contributed by atoms with Crippen LogP contribution in [0.2, 0.25) is 0 Å². The molecule has 0 amide bonds. The largest absolute Gasteiger partial charge is 0.490 e. The Morgan fingerprint density at radius 3 is 1.25 bits per heavy atom. The van der Waals surface area contributed by atoms with Gasteiger partial charge >= 0.3 is 23.9 Å². The first kappa shape index (κ1) is 24.7. The Hall–Kier alpha value is -3.56. The van der Waals surface area contributed by atoms with Crippen LogP contribution in [0.3, 0.4) is 0 Å². The summed E-state index contributed by atoms with van der Waals surface area (Å²) in [7, 11) is 0. The third-order valence-corrected chi connectivity index (χ3v) is 6.45. The van der Waals surface area contributed by atoms with E-state index in [1.54, 1.807) is 13.8 Å². The van der Waals surface area contributed by atoms with Crippen molar-refractivity contribution in [3.8, 4) is 0 Å². The fourth-order valence-corrected chi connectivity index (χ4v) is 3.91. The van der Waals surface area contributed by atoms with Gasteiger partial charge in [-0.2, -0.15) is 0 Å². The van der Waals surface area contributed by atoms with Gasteiger partial charge in [-0.1, -0.05) is 26.0 Å². The van der Waals surface area contributed by atoms with E-state index in [0.29, 0.717) is 22.7 Å². The molecule has 0 saturated carbocycles. The number of aliphatic carboxylic acids is 4. The summed E-state index contributed by atoms with van der Waals surface area (Å²) < 4.78 is 11.3. The van der Waals surface area contributed by atoms with Gasteiger partial charge in [-0.05, 0) is 37.1 Å². The summed E-state index contributed by atoms with van der Waals surface area (Å²) in [5, 5.41) is 37.8. The van der Waals surface area contributed by atoms with Crippen LogP contribution in [0.5, 0.6) is 0 Å². The molecule has 2 rings (SSSR count). The molecule has 10 heteroatoms. The lowest BCUT2D eigenvalue weighted by Crippen LogP contribution is -2.45. The number of allylic oxidation sites excluding steroid dienone is 4. The number of carboxylic acids is 4. The highest BCUT2D eigenvalue weighted by atomic mass is 16.5. The van der Waals surface area contributed by atoms with Gasteiger partial charge in [-0.25, -0.2) is 0 Å². The van der Waals surface area contributed by atoms with Crippen LogP contribution in [-0.2, 0) is 28.7 Å². The molecule has 0 aromatic heterocycles. The molecule has 0 fully saturated rings. The maximum Gasteiger partial charge on any atom is 0.325 e. The Kier molecular flexibility index (Phi) is 6.87. The van der Waals surface area contributed by atoms with E-state index >= 15 is 0 Å². The number of carboxylic acid groups (broad SMARTS) is 4. The Labute approximate surface area is 184 Å². The van der Waals surface area contributed by atoms with Crippen molar-refractivity contribution in [2.75, 3.05) is 13.2 Å². The van der Waals surface area contributed by atoms with Crippen molar-refractivity contribution in [3.05, 3.63) is 47.0 Å². The minimum absolute atomic E-state index is 0.0406.